The summed E-state index contributed by atoms with van der Waals surface area (Å²) in [6.07, 6.45) is 2.32. The number of carbonyl (C=O) groups excluding carboxylic acids is 1. The topological polar surface area (TPSA) is 77.2 Å². The van der Waals surface area contributed by atoms with E-state index in [4.69, 9.17) is 9.26 Å². The van der Waals surface area contributed by atoms with E-state index >= 15 is 0 Å². The molecule has 4 aromatic rings. The van der Waals surface area contributed by atoms with Gasteiger partial charge < -0.3 is 14.6 Å². The molecule has 156 valence electrons. The monoisotopic (exact) mass is 413 g/mol. The first-order valence-electron chi connectivity index (χ1n) is 10.1. The van der Waals surface area contributed by atoms with Gasteiger partial charge in [-0.1, -0.05) is 65.8 Å². The molecule has 0 spiro atoms. The molecule has 2 aromatic carbocycles. The number of nitrogens with zero attached hydrogens (tertiary/aromatic N) is 2. The molecular formula is C25H23N3O3. The Morgan fingerprint density at radius 2 is 1.77 bits per heavy atom. The third-order valence-electron chi connectivity index (χ3n) is 4.85. The third kappa shape index (κ3) is 5.57. The van der Waals surface area contributed by atoms with Crippen LogP contribution in [-0.2, 0) is 13.0 Å². The van der Waals surface area contributed by atoms with E-state index in [1.54, 1.807) is 12.3 Å². The second-order valence-corrected chi connectivity index (χ2v) is 7.23. The predicted molar refractivity (Wildman–Crippen MR) is 117 cm³/mol. The highest BCUT2D eigenvalue weighted by Crippen LogP contribution is 2.19. The van der Waals surface area contributed by atoms with Gasteiger partial charge in [0.15, 0.2) is 11.5 Å². The Hall–Kier alpha value is -3.93. The molecule has 6 nitrogen and oxygen atoms in total. The van der Waals surface area contributed by atoms with Gasteiger partial charge in [0, 0.05) is 11.8 Å². The molecule has 0 saturated carbocycles. The quantitative estimate of drug-likeness (QED) is 0.454. The Morgan fingerprint density at radius 3 is 2.48 bits per heavy atom. The lowest BCUT2D eigenvalue weighted by Crippen LogP contribution is -2.30. The summed E-state index contributed by atoms with van der Waals surface area (Å²) in [5, 5.41) is 6.99. The number of carbonyl (C=O) groups is 1. The van der Waals surface area contributed by atoms with Gasteiger partial charge in [-0.3, -0.25) is 9.78 Å². The number of pyridine rings is 1. The maximum absolute atomic E-state index is 12.9. The van der Waals surface area contributed by atoms with E-state index < -0.39 is 0 Å². The first-order chi connectivity index (χ1) is 15.2. The van der Waals surface area contributed by atoms with Crippen molar-refractivity contribution >= 4 is 5.91 Å². The van der Waals surface area contributed by atoms with Gasteiger partial charge >= 0.3 is 0 Å². The van der Waals surface area contributed by atoms with Gasteiger partial charge in [0.2, 0.25) is 0 Å². The van der Waals surface area contributed by atoms with Crippen LogP contribution in [0.1, 0.15) is 39.1 Å². The van der Waals surface area contributed by atoms with E-state index in [2.05, 4.69) is 15.5 Å². The molecule has 0 aliphatic rings. The summed E-state index contributed by atoms with van der Waals surface area (Å²) in [7, 11) is 0. The fraction of sp³-hybridized carbons (Fsp3) is 0.160. The van der Waals surface area contributed by atoms with Gasteiger partial charge in [-0.15, -0.1) is 0 Å². The molecule has 4 rings (SSSR count). The smallest absolute Gasteiger partial charge is 0.273 e. The van der Waals surface area contributed by atoms with E-state index in [1.165, 1.54) is 0 Å². The van der Waals surface area contributed by atoms with Crippen LogP contribution in [0.3, 0.4) is 0 Å². The fourth-order valence-electron chi connectivity index (χ4n) is 3.20. The Kier molecular flexibility index (Phi) is 6.38. The Bertz CT molecular complexity index is 1110. The maximum atomic E-state index is 12.9. The second kappa shape index (κ2) is 9.71. The second-order valence-electron chi connectivity index (χ2n) is 7.23. The SMILES string of the molecule is Cc1ccc(OCc2cc(C(=O)N[C@@H](Cc3ccccc3)c3ccccc3)no2)cn1. The van der Waals surface area contributed by atoms with Crippen LogP contribution in [-0.4, -0.2) is 16.0 Å². The lowest BCUT2D eigenvalue weighted by Gasteiger charge is -2.19. The standard InChI is InChI=1S/C25H23N3O3/c1-18-12-13-21(16-26-18)30-17-22-15-24(28-31-22)25(29)27-23(20-10-6-3-7-11-20)14-19-8-4-2-5-9-19/h2-13,15-16,23H,14,17H2,1H3,(H,27,29)/t23-/m0/s1. The summed E-state index contributed by atoms with van der Waals surface area (Å²) in [4.78, 5) is 17.0. The first kappa shape index (κ1) is 20.3. The van der Waals surface area contributed by atoms with E-state index in [9.17, 15) is 4.79 Å². The molecule has 2 aromatic heterocycles. The molecule has 0 aliphatic heterocycles. The molecule has 1 N–H and O–H groups in total. The van der Waals surface area contributed by atoms with Crippen LogP contribution in [0.5, 0.6) is 5.75 Å². The zero-order chi connectivity index (χ0) is 21.5. The molecule has 1 amide bonds. The highest BCUT2D eigenvalue weighted by molar-refractivity contribution is 5.92. The molecule has 0 bridgehead atoms. The van der Waals surface area contributed by atoms with Crippen LogP contribution in [0, 0.1) is 6.92 Å². The van der Waals surface area contributed by atoms with Gasteiger partial charge in [-0.25, -0.2) is 0 Å². The van der Waals surface area contributed by atoms with Gasteiger partial charge in [-0.05, 0) is 36.6 Å². The minimum absolute atomic E-state index is 0.164. The number of rotatable bonds is 8. The molecular weight excluding hydrogens is 390 g/mol. The molecule has 0 fully saturated rings. The van der Waals surface area contributed by atoms with Crippen molar-refractivity contribution in [3.63, 3.8) is 0 Å². The average molecular weight is 413 g/mol. The van der Waals surface area contributed by atoms with Gasteiger partial charge in [0.25, 0.3) is 5.91 Å². The van der Waals surface area contributed by atoms with Gasteiger partial charge in [-0.2, -0.15) is 0 Å². The number of aromatic nitrogens is 2. The summed E-state index contributed by atoms with van der Waals surface area (Å²) >= 11 is 0. The molecule has 6 heteroatoms. The lowest BCUT2D eigenvalue weighted by molar-refractivity contribution is 0.0927. The minimum Gasteiger partial charge on any atom is -0.484 e. The van der Waals surface area contributed by atoms with Gasteiger partial charge in [0.05, 0.1) is 12.2 Å². The van der Waals surface area contributed by atoms with Crippen molar-refractivity contribution in [2.24, 2.45) is 0 Å². The fourth-order valence-corrected chi connectivity index (χ4v) is 3.20. The summed E-state index contributed by atoms with van der Waals surface area (Å²) in [6, 6.07) is 25.1. The summed E-state index contributed by atoms with van der Waals surface area (Å²) in [5.41, 5.74) is 3.29. The van der Waals surface area contributed by atoms with Crippen molar-refractivity contribution in [3.8, 4) is 5.75 Å². The van der Waals surface area contributed by atoms with Crippen LogP contribution in [0.25, 0.3) is 0 Å². The van der Waals surface area contributed by atoms with E-state index in [0.29, 0.717) is 17.9 Å². The number of amides is 1. The Morgan fingerprint density at radius 1 is 1.03 bits per heavy atom. The summed E-state index contributed by atoms with van der Waals surface area (Å²) in [6.45, 7) is 2.07. The van der Waals surface area contributed by atoms with Crippen molar-refractivity contribution in [1.29, 1.82) is 0 Å². The largest absolute Gasteiger partial charge is 0.484 e. The molecule has 0 saturated heterocycles. The lowest BCUT2D eigenvalue weighted by atomic mass is 9.98. The molecule has 0 aliphatic carbocycles. The number of nitrogens with one attached hydrogen (secondary N) is 1. The van der Waals surface area contributed by atoms with E-state index in [1.807, 2.05) is 79.7 Å². The van der Waals surface area contributed by atoms with Crippen LogP contribution >= 0.6 is 0 Å². The molecule has 0 radical (unpaired) electrons. The zero-order valence-electron chi connectivity index (χ0n) is 17.2. The predicted octanol–water partition coefficient (Wildman–Crippen LogP) is 4.67. The van der Waals surface area contributed by atoms with Crippen LogP contribution in [0.2, 0.25) is 0 Å². The Balaban J connectivity index is 1.43. The van der Waals surface area contributed by atoms with Crippen molar-refractivity contribution in [2.75, 3.05) is 0 Å². The number of benzene rings is 2. The summed E-state index contributed by atoms with van der Waals surface area (Å²) in [5.74, 6) is 0.793. The Labute approximate surface area is 180 Å². The van der Waals surface area contributed by atoms with Crippen LogP contribution in [0.15, 0.2) is 89.6 Å². The molecule has 2 heterocycles. The first-order valence-corrected chi connectivity index (χ1v) is 10.1. The number of aryl methyl sites for hydroxylation is 1. The average Bonchev–Trinajstić information content (AvgIpc) is 3.29. The van der Waals surface area contributed by atoms with Crippen LogP contribution < -0.4 is 10.1 Å². The number of hydrogen-bond acceptors (Lipinski definition) is 5. The molecule has 31 heavy (non-hydrogen) atoms. The van der Waals surface area contributed by atoms with E-state index in [0.717, 1.165) is 16.8 Å². The minimum atomic E-state index is -0.295. The van der Waals surface area contributed by atoms with Gasteiger partial charge in [0.1, 0.15) is 12.4 Å². The van der Waals surface area contributed by atoms with Crippen LogP contribution in [0.4, 0.5) is 0 Å². The number of ether oxygens (including phenoxy) is 1. The normalized spacial score (nSPS) is 11.6. The highest BCUT2D eigenvalue weighted by atomic mass is 16.5. The molecule has 1 atom stereocenters. The van der Waals surface area contributed by atoms with Crippen molar-refractivity contribution < 1.29 is 14.1 Å². The third-order valence-corrected chi connectivity index (χ3v) is 4.85. The van der Waals surface area contributed by atoms with Crippen molar-refractivity contribution in [2.45, 2.75) is 26.0 Å². The molecule has 0 unspecified atom stereocenters. The van der Waals surface area contributed by atoms with Crippen molar-refractivity contribution in [3.05, 3.63) is 113 Å². The maximum Gasteiger partial charge on any atom is 0.273 e. The highest BCUT2D eigenvalue weighted by Gasteiger charge is 2.19. The summed E-state index contributed by atoms with van der Waals surface area (Å²) < 4.78 is 10.9. The number of hydrogen-bond donors (Lipinski definition) is 1. The van der Waals surface area contributed by atoms with Crippen molar-refractivity contribution in [1.82, 2.24) is 15.5 Å². The van der Waals surface area contributed by atoms with E-state index in [-0.39, 0.29) is 24.2 Å². The zero-order valence-corrected chi connectivity index (χ0v) is 17.2.